The van der Waals surface area contributed by atoms with E-state index in [1.807, 2.05) is 0 Å². The molecule has 0 radical (unpaired) electrons. The van der Waals surface area contributed by atoms with Crippen molar-refractivity contribution in [3.05, 3.63) is 108 Å². The van der Waals surface area contributed by atoms with Gasteiger partial charge in [0.25, 0.3) is 0 Å². The minimum atomic E-state index is 0. The summed E-state index contributed by atoms with van der Waals surface area (Å²) >= 11 is 0. The third-order valence-electron chi connectivity index (χ3n) is 5.27. The normalized spacial score (nSPS) is 12.1. The summed E-state index contributed by atoms with van der Waals surface area (Å²) < 4.78 is 0. The number of para-hydroxylation sites is 1. The van der Waals surface area contributed by atoms with Gasteiger partial charge in [0.05, 0.1) is 0 Å². The summed E-state index contributed by atoms with van der Waals surface area (Å²) in [7, 11) is 0. The van der Waals surface area contributed by atoms with Crippen LogP contribution in [0.3, 0.4) is 0 Å². The van der Waals surface area contributed by atoms with Gasteiger partial charge in [-0.1, -0.05) is 78.9 Å². The van der Waals surface area contributed by atoms with Gasteiger partial charge in [-0.3, -0.25) is 4.90 Å². The van der Waals surface area contributed by atoms with Crippen molar-refractivity contribution in [3.8, 4) is 0 Å². The van der Waals surface area contributed by atoms with E-state index >= 15 is 0 Å². The van der Waals surface area contributed by atoms with Gasteiger partial charge in [-0.05, 0) is 36.1 Å². The van der Waals surface area contributed by atoms with E-state index in [2.05, 4.69) is 108 Å². The Balaban J connectivity index is 0.00000225. The van der Waals surface area contributed by atoms with Gasteiger partial charge >= 0.3 is 0 Å². The molecule has 0 aliphatic rings. The smallest absolute Gasteiger partial charge is 0.0456 e. The van der Waals surface area contributed by atoms with Crippen molar-refractivity contribution in [2.24, 2.45) is 0 Å². The Morgan fingerprint density at radius 3 is 1.89 bits per heavy atom. The quantitative estimate of drug-likeness (QED) is 0.396. The predicted octanol–water partition coefficient (Wildman–Crippen LogP) is 6.22. The zero-order valence-corrected chi connectivity index (χ0v) is 17.0. The molecule has 2 nitrogen and oxygen atoms in total. The van der Waals surface area contributed by atoms with Gasteiger partial charge in [0.15, 0.2) is 0 Å². The summed E-state index contributed by atoms with van der Waals surface area (Å²) in [6, 6.07) is 30.5. The summed E-state index contributed by atoms with van der Waals surface area (Å²) in [6.07, 6.45) is 3.20. The molecule has 3 heteroatoms. The van der Waals surface area contributed by atoms with Crippen LogP contribution < -0.4 is 0 Å². The Labute approximate surface area is 173 Å². The Morgan fingerprint density at radius 2 is 1.29 bits per heavy atom. The molecule has 144 valence electrons. The fraction of sp³-hybridized carbons (Fsp3) is 0.200. The zero-order valence-electron chi connectivity index (χ0n) is 16.2. The van der Waals surface area contributed by atoms with E-state index in [0.717, 1.165) is 19.5 Å². The van der Waals surface area contributed by atoms with Crippen molar-refractivity contribution in [2.45, 2.75) is 32.5 Å². The van der Waals surface area contributed by atoms with Crippen LogP contribution in [0.4, 0.5) is 0 Å². The minimum Gasteiger partial charge on any atom is -0.361 e. The number of hydrogen-bond donors (Lipinski definition) is 1. The number of nitrogens with one attached hydrogen (secondary N) is 1. The van der Waals surface area contributed by atoms with Crippen LogP contribution >= 0.6 is 12.4 Å². The second kappa shape index (κ2) is 9.59. The number of halogens is 1. The van der Waals surface area contributed by atoms with E-state index in [9.17, 15) is 0 Å². The number of rotatable bonds is 7. The Hall–Kier alpha value is -2.55. The number of fused-ring (bicyclic) bond motifs is 1. The van der Waals surface area contributed by atoms with Crippen LogP contribution in [0, 0.1) is 0 Å². The minimum absolute atomic E-state index is 0. The second-order valence-corrected chi connectivity index (χ2v) is 7.29. The molecule has 4 rings (SSSR count). The van der Waals surface area contributed by atoms with Crippen LogP contribution in [0.2, 0.25) is 0 Å². The highest BCUT2D eigenvalue weighted by atomic mass is 35.5. The Kier molecular flexibility index (Phi) is 6.91. The van der Waals surface area contributed by atoms with E-state index in [0.29, 0.717) is 6.04 Å². The van der Waals surface area contributed by atoms with Crippen LogP contribution in [-0.2, 0) is 19.5 Å². The highest BCUT2D eigenvalue weighted by Gasteiger charge is 2.17. The molecule has 1 aromatic heterocycles. The number of nitrogens with zero attached hydrogens (tertiary/aromatic N) is 1. The zero-order chi connectivity index (χ0) is 18.5. The van der Waals surface area contributed by atoms with Crippen LogP contribution in [0.15, 0.2) is 91.1 Å². The topological polar surface area (TPSA) is 19.0 Å². The van der Waals surface area contributed by atoms with Crippen molar-refractivity contribution in [1.29, 1.82) is 0 Å². The van der Waals surface area contributed by atoms with E-state index in [-0.39, 0.29) is 12.4 Å². The number of aromatic nitrogens is 1. The SMILES string of the molecule is CC(Cc1c[nH]c2ccccc12)N(Cc1ccccc1)Cc1ccccc1.Cl. The molecule has 0 spiro atoms. The first-order chi connectivity index (χ1) is 13.3. The highest BCUT2D eigenvalue weighted by Crippen LogP contribution is 2.22. The Morgan fingerprint density at radius 1 is 0.750 bits per heavy atom. The predicted molar refractivity (Wildman–Crippen MR) is 121 cm³/mol. The molecule has 1 unspecified atom stereocenters. The fourth-order valence-corrected chi connectivity index (χ4v) is 3.75. The van der Waals surface area contributed by atoms with E-state index in [1.54, 1.807) is 0 Å². The second-order valence-electron chi connectivity index (χ2n) is 7.29. The molecule has 1 atom stereocenters. The van der Waals surface area contributed by atoms with Crippen molar-refractivity contribution < 1.29 is 0 Å². The molecule has 0 aliphatic carbocycles. The first-order valence-electron chi connectivity index (χ1n) is 9.66. The summed E-state index contributed by atoms with van der Waals surface area (Å²) in [5.74, 6) is 0. The lowest BCUT2D eigenvalue weighted by Crippen LogP contribution is -2.33. The molecule has 28 heavy (non-hydrogen) atoms. The van der Waals surface area contributed by atoms with Gasteiger partial charge in [0.2, 0.25) is 0 Å². The highest BCUT2D eigenvalue weighted by molar-refractivity contribution is 5.85. The molecule has 1 N–H and O–H groups in total. The standard InChI is InChI=1S/C25H26N2.ClH/c1-20(16-23-17-26-25-15-9-8-14-24(23)25)27(18-21-10-4-2-5-11-21)19-22-12-6-3-7-13-22;/h2-15,17,20,26H,16,18-19H2,1H3;1H. The summed E-state index contributed by atoms with van der Waals surface area (Å²) in [4.78, 5) is 5.99. The van der Waals surface area contributed by atoms with Gasteiger partial charge in [-0.15, -0.1) is 12.4 Å². The average Bonchev–Trinajstić information content (AvgIpc) is 3.12. The monoisotopic (exact) mass is 390 g/mol. The van der Waals surface area contributed by atoms with Crippen molar-refractivity contribution in [3.63, 3.8) is 0 Å². The van der Waals surface area contributed by atoms with Crippen LogP contribution in [0.25, 0.3) is 10.9 Å². The summed E-state index contributed by atoms with van der Waals surface area (Å²) in [5.41, 5.74) is 5.33. The van der Waals surface area contributed by atoms with Gasteiger partial charge in [-0.2, -0.15) is 0 Å². The first-order valence-corrected chi connectivity index (χ1v) is 9.66. The molecule has 0 amide bonds. The van der Waals surface area contributed by atoms with E-state index in [4.69, 9.17) is 0 Å². The molecule has 4 aromatic rings. The third kappa shape index (κ3) is 4.83. The molecule has 3 aromatic carbocycles. The maximum Gasteiger partial charge on any atom is 0.0456 e. The number of hydrogen-bond acceptors (Lipinski definition) is 1. The lowest BCUT2D eigenvalue weighted by molar-refractivity contribution is 0.189. The lowest BCUT2D eigenvalue weighted by atomic mass is 10.0. The van der Waals surface area contributed by atoms with Crippen LogP contribution in [0.5, 0.6) is 0 Å². The summed E-state index contributed by atoms with van der Waals surface area (Å²) in [5, 5.41) is 1.34. The van der Waals surface area contributed by atoms with Crippen LogP contribution in [0.1, 0.15) is 23.6 Å². The van der Waals surface area contributed by atoms with Crippen molar-refractivity contribution in [1.82, 2.24) is 9.88 Å². The largest absolute Gasteiger partial charge is 0.361 e. The number of aromatic amines is 1. The first kappa shape index (κ1) is 20.2. The number of benzene rings is 3. The van der Waals surface area contributed by atoms with E-state index in [1.165, 1.54) is 27.6 Å². The molecule has 0 bridgehead atoms. The third-order valence-corrected chi connectivity index (χ3v) is 5.27. The lowest BCUT2D eigenvalue weighted by Gasteiger charge is -2.29. The molecular weight excluding hydrogens is 364 g/mol. The van der Waals surface area contributed by atoms with Crippen LogP contribution in [-0.4, -0.2) is 15.9 Å². The Bertz CT molecular complexity index is 938. The molecule has 0 saturated carbocycles. The van der Waals surface area contributed by atoms with Gasteiger partial charge in [-0.25, -0.2) is 0 Å². The number of H-pyrrole nitrogens is 1. The molecule has 0 aliphatic heterocycles. The van der Waals surface area contributed by atoms with E-state index < -0.39 is 0 Å². The maximum atomic E-state index is 3.41. The van der Waals surface area contributed by atoms with Crippen molar-refractivity contribution >= 4 is 23.3 Å². The molecule has 1 heterocycles. The summed E-state index contributed by atoms with van der Waals surface area (Å²) in [6.45, 7) is 4.26. The molecule has 0 saturated heterocycles. The fourth-order valence-electron chi connectivity index (χ4n) is 3.75. The van der Waals surface area contributed by atoms with Gasteiger partial charge < -0.3 is 4.98 Å². The van der Waals surface area contributed by atoms with Gasteiger partial charge in [0, 0.05) is 36.2 Å². The molecule has 0 fully saturated rings. The maximum absolute atomic E-state index is 3.41. The van der Waals surface area contributed by atoms with Gasteiger partial charge in [0.1, 0.15) is 0 Å². The molecular formula is C25H27ClN2. The van der Waals surface area contributed by atoms with Crippen molar-refractivity contribution in [2.75, 3.05) is 0 Å². The average molecular weight is 391 g/mol.